The Morgan fingerprint density at radius 1 is 1.35 bits per heavy atom. The molecule has 0 aromatic heterocycles. The Labute approximate surface area is 123 Å². The van der Waals surface area contributed by atoms with Gasteiger partial charge in [-0.05, 0) is 37.0 Å². The number of aryl methyl sites for hydroxylation is 1. The third-order valence-electron chi connectivity index (χ3n) is 2.68. The monoisotopic (exact) mass is 298 g/mol. The van der Waals surface area contributed by atoms with Crippen LogP contribution < -0.4 is 10.6 Å². The van der Waals surface area contributed by atoms with Crippen molar-refractivity contribution in [3.05, 3.63) is 28.8 Å². The number of carbonyl (C=O) groups is 2. The van der Waals surface area contributed by atoms with Crippen LogP contribution in [0.2, 0.25) is 5.02 Å². The van der Waals surface area contributed by atoms with Gasteiger partial charge in [-0.2, -0.15) is 0 Å². The molecule has 2 amide bonds. The van der Waals surface area contributed by atoms with Crippen LogP contribution in [0.1, 0.15) is 25.8 Å². The van der Waals surface area contributed by atoms with E-state index in [1.165, 1.54) is 0 Å². The highest BCUT2D eigenvalue weighted by atomic mass is 35.5. The summed E-state index contributed by atoms with van der Waals surface area (Å²) in [6.45, 7) is 5.66. The Balaban J connectivity index is 2.70. The fourth-order valence-electron chi connectivity index (χ4n) is 1.74. The van der Waals surface area contributed by atoms with Gasteiger partial charge in [-0.3, -0.25) is 0 Å². The molecule has 110 valence electrons. The standard InChI is InChI=1S/C14H19ClN2O3/c1-8(2)6-12(13(18)19)17-14(20)16-11-7-9(3)4-5-10(11)15/h4-5,7-8,12H,6H2,1-3H3,(H,18,19)(H2,16,17,20)/t12-/m0/s1. The van der Waals surface area contributed by atoms with E-state index in [1.807, 2.05) is 26.8 Å². The van der Waals surface area contributed by atoms with Crippen molar-refractivity contribution in [2.45, 2.75) is 33.2 Å². The molecule has 0 aliphatic carbocycles. The number of hydrogen-bond acceptors (Lipinski definition) is 2. The molecule has 1 aromatic rings. The number of carboxylic acids is 1. The molecule has 3 N–H and O–H groups in total. The first-order valence-electron chi connectivity index (χ1n) is 6.36. The van der Waals surface area contributed by atoms with Crippen molar-refractivity contribution in [3.63, 3.8) is 0 Å². The number of carboxylic acid groups (broad SMARTS) is 1. The molecule has 0 unspecified atom stereocenters. The Bertz CT molecular complexity index is 503. The van der Waals surface area contributed by atoms with Gasteiger partial charge in [0.15, 0.2) is 0 Å². The molecule has 0 heterocycles. The first-order valence-corrected chi connectivity index (χ1v) is 6.74. The van der Waals surface area contributed by atoms with Crippen LogP contribution in [-0.2, 0) is 4.79 Å². The molecule has 6 heteroatoms. The van der Waals surface area contributed by atoms with Crippen LogP contribution in [-0.4, -0.2) is 23.1 Å². The third kappa shape index (κ3) is 5.09. The lowest BCUT2D eigenvalue weighted by molar-refractivity contribution is -0.139. The van der Waals surface area contributed by atoms with Crippen LogP contribution in [0.3, 0.4) is 0 Å². The quantitative estimate of drug-likeness (QED) is 0.780. The number of halogens is 1. The van der Waals surface area contributed by atoms with E-state index >= 15 is 0 Å². The smallest absolute Gasteiger partial charge is 0.326 e. The molecule has 0 bridgehead atoms. The van der Waals surface area contributed by atoms with Crippen LogP contribution in [0.4, 0.5) is 10.5 Å². The van der Waals surface area contributed by atoms with Gasteiger partial charge in [0.1, 0.15) is 6.04 Å². The van der Waals surface area contributed by atoms with E-state index in [0.29, 0.717) is 17.1 Å². The van der Waals surface area contributed by atoms with Crippen LogP contribution in [0.5, 0.6) is 0 Å². The molecule has 0 saturated heterocycles. The van der Waals surface area contributed by atoms with Crippen molar-refractivity contribution in [3.8, 4) is 0 Å². The van der Waals surface area contributed by atoms with E-state index in [2.05, 4.69) is 10.6 Å². The Hall–Kier alpha value is -1.75. The average Bonchev–Trinajstić information content (AvgIpc) is 2.32. The number of carbonyl (C=O) groups excluding carboxylic acids is 1. The number of amides is 2. The van der Waals surface area contributed by atoms with E-state index in [4.69, 9.17) is 16.7 Å². The number of nitrogens with one attached hydrogen (secondary N) is 2. The highest BCUT2D eigenvalue weighted by molar-refractivity contribution is 6.33. The minimum Gasteiger partial charge on any atom is -0.480 e. The zero-order valence-electron chi connectivity index (χ0n) is 11.7. The van der Waals surface area contributed by atoms with Gasteiger partial charge in [-0.1, -0.05) is 31.5 Å². The first kappa shape index (κ1) is 16.3. The maximum atomic E-state index is 11.8. The fraction of sp³-hybridized carbons (Fsp3) is 0.429. The van der Waals surface area contributed by atoms with Gasteiger partial charge in [0.2, 0.25) is 0 Å². The second-order valence-electron chi connectivity index (χ2n) is 5.10. The van der Waals surface area contributed by atoms with Crippen molar-refractivity contribution in [2.75, 3.05) is 5.32 Å². The molecule has 0 aliphatic rings. The van der Waals surface area contributed by atoms with Crippen LogP contribution >= 0.6 is 11.6 Å². The zero-order valence-corrected chi connectivity index (χ0v) is 12.5. The summed E-state index contributed by atoms with van der Waals surface area (Å²) in [5.41, 5.74) is 1.40. The number of rotatable bonds is 5. The maximum Gasteiger partial charge on any atom is 0.326 e. The van der Waals surface area contributed by atoms with Gasteiger partial charge >= 0.3 is 12.0 Å². The van der Waals surface area contributed by atoms with E-state index in [9.17, 15) is 9.59 Å². The minimum absolute atomic E-state index is 0.166. The van der Waals surface area contributed by atoms with Crippen molar-refractivity contribution in [1.82, 2.24) is 5.32 Å². The number of hydrogen-bond donors (Lipinski definition) is 3. The molecule has 1 aromatic carbocycles. The second kappa shape index (κ2) is 7.14. The van der Waals surface area contributed by atoms with Crippen molar-refractivity contribution in [1.29, 1.82) is 0 Å². The van der Waals surface area contributed by atoms with Crippen molar-refractivity contribution < 1.29 is 14.7 Å². The number of benzene rings is 1. The van der Waals surface area contributed by atoms with Gasteiger partial charge in [0.25, 0.3) is 0 Å². The van der Waals surface area contributed by atoms with Gasteiger partial charge in [0, 0.05) is 0 Å². The molecule has 1 atom stereocenters. The summed E-state index contributed by atoms with van der Waals surface area (Å²) in [5.74, 6) is -0.886. The summed E-state index contributed by atoms with van der Waals surface area (Å²) < 4.78 is 0. The van der Waals surface area contributed by atoms with Gasteiger partial charge in [-0.25, -0.2) is 9.59 Å². The first-order chi connectivity index (χ1) is 9.29. The highest BCUT2D eigenvalue weighted by Crippen LogP contribution is 2.22. The van der Waals surface area contributed by atoms with E-state index in [-0.39, 0.29) is 5.92 Å². The lowest BCUT2D eigenvalue weighted by Crippen LogP contribution is -2.43. The average molecular weight is 299 g/mol. The van der Waals surface area contributed by atoms with Gasteiger partial charge in [0.05, 0.1) is 10.7 Å². The van der Waals surface area contributed by atoms with Crippen molar-refractivity contribution in [2.24, 2.45) is 5.92 Å². The Morgan fingerprint density at radius 3 is 2.55 bits per heavy atom. The lowest BCUT2D eigenvalue weighted by atomic mass is 10.0. The zero-order chi connectivity index (χ0) is 15.3. The predicted molar refractivity (Wildman–Crippen MR) is 79.2 cm³/mol. The summed E-state index contributed by atoms with van der Waals surface area (Å²) in [4.78, 5) is 22.9. The highest BCUT2D eigenvalue weighted by Gasteiger charge is 2.21. The minimum atomic E-state index is -1.05. The predicted octanol–water partition coefficient (Wildman–Crippen LogP) is 3.27. The van der Waals surface area contributed by atoms with E-state index in [0.717, 1.165) is 5.56 Å². The Kier molecular flexibility index (Phi) is 5.82. The molecule has 20 heavy (non-hydrogen) atoms. The maximum absolute atomic E-state index is 11.8. The number of anilines is 1. The molecule has 5 nitrogen and oxygen atoms in total. The van der Waals surface area contributed by atoms with Crippen molar-refractivity contribution >= 4 is 29.3 Å². The SMILES string of the molecule is Cc1ccc(Cl)c(NC(=O)N[C@@H](CC(C)C)C(=O)O)c1. The molecular formula is C14H19ClN2O3. The Morgan fingerprint density at radius 2 is 2.00 bits per heavy atom. The normalized spacial score (nSPS) is 12.1. The molecule has 0 aliphatic heterocycles. The van der Waals surface area contributed by atoms with E-state index < -0.39 is 18.0 Å². The fourth-order valence-corrected chi connectivity index (χ4v) is 1.91. The molecule has 0 fully saturated rings. The van der Waals surface area contributed by atoms with Gasteiger partial charge in [-0.15, -0.1) is 0 Å². The third-order valence-corrected chi connectivity index (χ3v) is 3.01. The molecular weight excluding hydrogens is 280 g/mol. The van der Waals surface area contributed by atoms with Gasteiger partial charge < -0.3 is 15.7 Å². The topological polar surface area (TPSA) is 78.4 Å². The van der Waals surface area contributed by atoms with Crippen LogP contribution in [0.15, 0.2) is 18.2 Å². The summed E-state index contributed by atoms with van der Waals surface area (Å²) in [6, 6.07) is 3.73. The summed E-state index contributed by atoms with van der Waals surface area (Å²) in [6.07, 6.45) is 0.365. The second-order valence-corrected chi connectivity index (χ2v) is 5.51. The number of urea groups is 1. The summed E-state index contributed by atoms with van der Waals surface area (Å²) >= 11 is 5.96. The number of aliphatic carboxylic acids is 1. The summed E-state index contributed by atoms with van der Waals surface area (Å²) in [5, 5.41) is 14.5. The van der Waals surface area contributed by atoms with Crippen LogP contribution in [0.25, 0.3) is 0 Å². The molecule has 0 spiro atoms. The summed E-state index contributed by atoms with van der Waals surface area (Å²) in [7, 11) is 0. The molecule has 0 saturated carbocycles. The van der Waals surface area contributed by atoms with E-state index in [1.54, 1.807) is 12.1 Å². The largest absolute Gasteiger partial charge is 0.480 e. The van der Waals surface area contributed by atoms with Crippen LogP contribution in [0, 0.1) is 12.8 Å². The molecule has 1 rings (SSSR count). The lowest BCUT2D eigenvalue weighted by Gasteiger charge is -2.17. The molecule has 0 radical (unpaired) electrons.